The van der Waals surface area contributed by atoms with Gasteiger partial charge in [-0.2, -0.15) is 0 Å². The second-order valence-corrected chi connectivity index (χ2v) is 6.51. The normalized spacial score (nSPS) is 30.9. The fourth-order valence-electron chi connectivity index (χ4n) is 3.55. The third-order valence-electron chi connectivity index (χ3n) is 4.50. The van der Waals surface area contributed by atoms with E-state index in [-0.39, 0.29) is 6.04 Å². The van der Waals surface area contributed by atoms with Crippen molar-refractivity contribution in [1.29, 1.82) is 0 Å². The molecule has 1 aliphatic heterocycles. The molecule has 0 aromatic heterocycles. The Labute approximate surface area is 110 Å². The predicted molar refractivity (Wildman–Crippen MR) is 71.6 cm³/mol. The summed E-state index contributed by atoms with van der Waals surface area (Å²) >= 11 is 0. The van der Waals surface area contributed by atoms with Gasteiger partial charge in [0.05, 0.1) is 0 Å². The Kier molecular flexibility index (Phi) is 3.97. The first-order valence-electron chi connectivity index (χ1n) is 7.16. The van der Waals surface area contributed by atoms with E-state index in [4.69, 9.17) is 0 Å². The summed E-state index contributed by atoms with van der Waals surface area (Å²) in [4.78, 5) is 13.9. The number of fused-ring (bicyclic) bond motifs is 2. The number of carboxylic acids is 1. The minimum atomic E-state index is -0.796. The number of carbonyl (C=O) groups is 1. The van der Waals surface area contributed by atoms with Gasteiger partial charge in [0.25, 0.3) is 0 Å². The molecule has 4 nitrogen and oxygen atoms in total. The van der Waals surface area contributed by atoms with Gasteiger partial charge in [-0.3, -0.25) is 10.1 Å². The van der Waals surface area contributed by atoms with Crippen molar-refractivity contribution in [2.75, 3.05) is 13.1 Å². The summed E-state index contributed by atoms with van der Waals surface area (Å²) in [6.45, 7) is 7.90. The highest BCUT2D eigenvalue weighted by Crippen LogP contribution is 2.37. The lowest BCUT2D eigenvalue weighted by molar-refractivity contribution is -0.145. The average molecular weight is 254 g/mol. The predicted octanol–water partition coefficient (Wildman–Crippen LogP) is 1.70. The van der Waals surface area contributed by atoms with Gasteiger partial charge in [-0.05, 0) is 52.4 Å². The highest BCUT2D eigenvalue weighted by atomic mass is 16.4. The summed E-state index contributed by atoms with van der Waals surface area (Å²) in [5, 5.41) is 12.6. The molecule has 0 aromatic rings. The zero-order chi connectivity index (χ0) is 13.3. The van der Waals surface area contributed by atoms with Crippen LogP contribution in [0.2, 0.25) is 0 Å². The molecule has 2 fully saturated rings. The molecule has 2 aliphatic rings. The van der Waals surface area contributed by atoms with Crippen LogP contribution >= 0.6 is 0 Å². The monoisotopic (exact) mass is 254 g/mol. The van der Waals surface area contributed by atoms with E-state index in [1.807, 2.05) is 20.8 Å². The van der Waals surface area contributed by atoms with Gasteiger partial charge >= 0.3 is 5.97 Å². The van der Waals surface area contributed by atoms with Crippen LogP contribution in [0.25, 0.3) is 0 Å². The van der Waals surface area contributed by atoms with E-state index in [1.54, 1.807) is 0 Å². The summed E-state index contributed by atoms with van der Waals surface area (Å²) in [7, 11) is 0. The molecule has 0 aromatic carbocycles. The zero-order valence-corrected chi connectivity index (χ0v) is 11.8. The van der Waals surface area contributed by atoms with E-state index >= 15 is 0 Å². The van der Waals surface area contributed by atoms with Crippen LogP contribution in [0.5, 0.6) is 0 Å². The van der Waals surface area contributed by atoms with Crippen molar-refractivity contribution in [1.82, 2.24) is 10.2 Å². The van der Waals surface area contributed by atoms with Crippen LogP contribution in [-0.2, 0) is 4.79 Å². The van der Waals surface area contributed by atoms with Gasteiger partial charge in [-0.15, -0.1) is 0 Å². The molecule has 2 bridgehead atoms. The number of hydrogen-bond acceptors (Lipinski definition) is 3. The topological polar surface area (TPSA) is 52.6 Å². The smallest absolute Gasteiger partial charge is 0.323 e. The molecule has 0 spiro atoms. The maximum atomic E-state index is 11.4. The maximum Gasteiger partial charge on any atom is 0.323 e. The van der Waals surface area contributed by atoms with Crippen LogP contribution in [-0.4, -0.2) is 46.7 Å². The molecule has 1 saturated carbocycles. The van der Waals surface area contributed by atoms with E-state index in [9.17, 15) is 9.90 Å². The minimum Gasteiger partial charge on any atom is -0.480 e. The van der Waals surface area contributed by atoms with Crippen molar-refractivity contribution in [2.45, 2.75) is 64.1 Å². The molecule has 2 N–H and O–H groups in total. The standard InChI is InChI=1S/C14H26N2O2/c1-10(2)15-14(3,13(17)18)6-7-16-9-11-4-5-12(16)8-11/h10-12,15H,4-9H2,1-3H3,(H,17,18). The molecule has 3 atom stereocenters. The zero-order valence-electron chi connectivity index (χ0n) is 11.8. The first-order chi connectivity index (χ1) is 8.40. The second kappa shape index (κ2) is 5.17. The van der Waals surface area contributed by atoms with Gasteiger partial charge in [-0.1, -0.05) is 0 Å². The number of rotatable bonds is 6. The Morgan fingerprint density at radius 3 is 2.67 bits per heavy atom. The van der Waals surface area contributed by atoms with Gasteiger partial charge in [0.15, 0.2) is 0 Å². The van der Waals surface area contributed by atoms with Crippen LogP contribution in [0.15, 0.2) is 0 Å². The van der Waals surface area contributed by atoms with Crippen LogP contribution in [0.1, 0.15) is 46.5 Å². The number of carboxylic acid groups (broad SMARTS) is 1. The summed E-state index contributed by atoms with van der Waals surface area (Å²) in [5.74, 6) is 0.143. The summed E-state index contributed by atoms with van der Waals surface area (Å²) < 4.78 is 0. The molecular formula is C14H26N2O2. The molecule has 2 rings (SSSR count). The molecule has 1 saturated heterocycles. The third-order valence-corrected chi connectivity index (χ3v) is 4.50. The molecule has 18 heavy (non-hydrogen) atoms. The van der Waals surface area contributed by atoms with Crippen molar-refractivity contribution >= 4 is 5.97 Å². The highest BCUT2D eigenvalue weighted by Gasteiger charge is 2.40. The van der Waals surface area contributed by atoms with Gasteiger partial charge in [0, 0.05) is 25.2 Å². The van der Waals surface area contributed by atoms with E-state index in [2.05, 4.69) is 10.2 Å². The van der Waals surface area contributed by atoms with Crippen molar-refractivity contribution in [3.05, 3.63) is 0 Å². The van der Waals surface area contributed by atoms with Crippen molar-refractivity contribution < 1.29 is 9.90 Å². The third kappa shape index (κ3) is 2.86. The molecule has 4 heteroatoms. The Morgan fingerprint density at radius 2 is 2.22 bits per heavy atom. The molecule has 0 amide bonds. The fraction of sp³-hybridized carbons (Fsp3) is 0.929. The average Bonchev–Trinajstić information content (AvgIpc) is 2.86. The SMILES string of the molecule is CC(C)NC(C)(CCN1CC2CCC1C2)C(=O)O. The molecule has 1 aliphatic carbocycles. The Balaban J connectivity index is 1.88. The molecular weight excluding hydrogens is 228 g/mol. The van der Waals surface area contributed by atoms with Gasteiger partial charge in [0.1, 0.15) is 5.54 Å². The second-order valence-electron chi connectivity index (χ2n) is 6.51. The Morgan fingerprint density at radius 1 is 1.50 bits per heavy atom. The summed E-state index contributed by atoms with van der Waals surface area (Å²) in [5.41, 5.74) is -0.796. The van der Waals surface area contributed by atoms with Gasteiger partial charge < -0.3 is 10.0 Å². The quantitative estimate of drug-likeness (QED) is 0.757. The molecule has 1 heterocycles. The van der Waals surface area contributed by atoms with Crippen LogP contribution in [0.4, 0.5) is 0 Å². The Hall–Kier alpha value is -0.610. The maximum absolute atomic E-state index is 11.4. The van der Waals surface area contributed by atoms with Crippen molar-refractivity contribution in [3.8, 4) is 0 Å². The number of aliphatic carboxylic acids is 1. The number of piperidine rings is 1. The fourth-order valence-corrected chi connectivity index (χ4v) is 3.55. The molecule has 0 radical (unpaired) electrons. The van der Waals surface area contributed by atoms with Crippen molar-refractivity contribution in [2.24, 2.45) is 5.92 Å². The first kappa shape index (κ1) is 13.8. The van der Waals surface area contributed by atoms with E-state index in [0.717, 1.165) is 18.5 Å². The van der Waals surface area contributed by atoms with Crippen LogP contribution in [0, 0.1) is 5.92 Å². The lowest BCUT2D eigenvalue weighted by Gasteiger charge is -2.33. The Bertz CT molecular complexity index is 319. The van der Waals surface area contributed by atoms with E-state index < -0.39 is 11.5 Å². The van der Waals surface area contributed by atoms with Crippen LogP contribution in [0.3, 0.4) is 0 Å². The highest BCUT2D eigenvalue weighted by molar-refractivity contribution is 5.78. The lowest BCUT2D eigenvalue weighted by Crippen LogP contribution is -2.54. The lowest BCUT2D eigenvalue weighted by atomic mass is 9.96. The number of likely N-dealkylation sites (tertiary alicyclic amines) is 1. The minimum absolute atomic E-state index is 0.195. The van der Waals surface area contributed by atoms with E-state index in [0.29, 0.717) is 6.42 Å². The summed E-state index contributed by atoms with van der Waals surface area (Å²) in [6.07, 6.45) is 4.71. The number of nitrogens with one attached hydrogen (secondary N) is 1. The number of nitrogens with zero attached hydrogens (tertiary/aromatic N) is 1. The van der Waals surface area contributed by atoms with Crippen LogP contribution < -0.4 is 5.32 Å². The molecule has 3 unspecified atom stereocenters. The van der Waals surface area contributed by atoms with Crippen molar-refractivity contribution in [3.63, 3.8) is 0 Å². The summed E-state index contributed by atoms with van der Waals surface area (Å²) in [6, 6.07) is 0.924. The van der Waals surface area contributed by atoms with Gasteiger partial charge in [0.2, 0.25) is 0 Å². The van der Waals surface area contributed by atoms with Gasteiger partial charge in [-0.25, -0.2) is 0 Å². The largest absolute Gasteiger partial charge is 0.480 e. The molecule has 104 valence electrons. The number of hydrogen-bond donors (Lipinski definition) is 2. The first-order valence-corrected chi connectivity index (χ1v) is 7.16. The van der Waals surface area contributed by atoms with E-state index in [1.165, 1.54) is 25.8 Å².